The molecule has 2 heterocycles. The number of hydrogen-bond donors (Lipinski definition) is 6. The van der Waals surface area contributed by atoms with Gasteiger partial charge >= 0.3 is 6.09 Å². The van der Waals surface area contributed by atoms with Gasteiger partial charge in [0.15, 0.2) is 0 Å². The predicted molar refractivity (Wildman–Crippen MR) is 185 cm³/mol. The quantitative estimate of drug-likeness (QED) is 0.136. The maximum Gasteiger partial charge on any atom is 0.415 e. The molecule has 3 aromatic rings. The van der Waals surface area contributed by atoms with Gasteiger partial charge in [0.2, 0.25) is 0 Å². The maximum absolute atomic E-state index is 13.7. The van der Waals surface area contributed by atoms with Crippen molar-refractivity contribution in [2.24, 2.45) is 0 Å². The van der Waals surface area contributed by atoms with Gasteiger partial charge in [-0.25, -0.2) is 9.18 Å². The second kappa shape index (κ2) is 16.8. The van der Waals surface area contributed by atoms with E-state index >= 15 is 0 Å². The third-order valence-electron chi connectivity index (χ3n) is 9.24. The van der Waals surface area contributed by atoms with Crippen LogP contribution in [-0.4, -0.2) is 118 Å². The Kier molecular flexibility index (Phi) is 12.5. The highest BCUT2D eigenvalue weighted by atomic mass is 19.1. The van der Waals surface area contributed by atoms with Gasteiger partial charge in [-0.3, -0.25) is 14.6 Å². The van der Waals surface area contributed by atoms with E-state index in [0.717, 1.165) is 16.7 Å². The number of hydrogen-bond acceptors (Lipinski definition) is 11. The van der Waals surface area contributed by atoms with Gasteiger partial charge in [0.25, 0.3) is 5.91 Å². The third-order valence-corrected chi connectivity index (χ3v) is 9.24. The number of likely N-dealkylation sites (tertiary alicyclic amines) is 1. The van der Waals surface area contributed by atoms with Crippen molar-refractivity contribution >= 4 is 17.7 Å². The van der Waals surface area contributed by atoms with Crippen LogP contribution < -0.4 is 19.7 Å². The van der Waals surface area contributed by atoms with Crippen LogP contribution >= 0.6 is 0 Å². The number of piperidine rings is 1. The fourth-order valence-corrected chi connectivity index (χ4v) is 6.41. The standard InChI is InChI=1S/C37H46FN3O10/c1-3-49-30-17-23(18-31(50-4-2)32(30)24-5-9-26(38)10-6-24)20-40-15-13-37(14-16-40)22-41(36(48)51-37)27-11-7-25(8-12-27)35(47)39-19-28(43)33(45)34(46)29(44)21-42/h5-12,17-18,28-29,33-34,42-46H,3-4,13-16,19-22H2,1-2H3,(H,39,47)/t28-,29+,33+,34+/m0/s1. The van der Waals surface area contributed by atoms with Gasteiger partial charge in [-0.2, -0.15) is 0 Å². The Hall–Kier alpha value is -4.31. The molecule has 2 fully saturated rings. The van der Waals surface area contributed by atoms with Crippen LogP contribution in [0.5, 0.6) is 11.5 Å². The number of ether oxygens (including phenoxy) is 3. The lowest BCUT2D eigenvalue weighted by atomic mass is 9.91. The van der Waals surface area contributed by atoms with Crippen LogP contribution in [0.2, 0.25) is 0 Å². The largest absolute Gasteiger partial charge is 0.493 e. The van der Waals surface area contributed by atoms with Crippen LogP contribution in [0.4, 0.5) is 14.9 Å². The maximum atomic E-state index is 13.7. The Labute approximate surface area is 295 Å². The molecule has 0 bridgehead atoms. The van der Waals surface area contributed by atoms with E-state index < -0.39 is 55.2 Å². The molecule has 0 aromatic heterocycles. The Morgan fingerprint density at radius 3 is 2.08 bits per heavy atom. The first-order valence-corrected chi connectivity index (χ1v) is 17.1. The molecule has 2 amide bonds. The Morgan fingerprint density at radius 2 is 1.51 bits per heavy atom. The predicted octanol–water partition coefficient (Wildman–Crippen LogP) is 2.45. The van der Waals surface area contributed by atoms with Crippen molar-refractivity contribution in [2.75, 3.05) is 50.9 Å². The summed E-state index contributed by atoms with van der Waals surface area (Å²) < 4.78 is 31.7. The Bertz CT molecular complexity index is 1610. The normalized spacial score (nSPS) is 18.2. The summed E-state index contributed by atoms with van der Waals surface area (Å²) in [5.74, 6) is 0.435. The van der Waals surface area contributed by atoms with E-state index in [1.807, 2.05) is 26.0 Å². The number of amides is 2. The summed E-state index contributed by atoms with van der Waals surface area (Å²) >= 11 is 0. The second-order valence-electron chi connectivity index (χ2n) is 12.8. The van der Waals surface area contributed by atoms with Crippen LogP contribution in [0.3, 0.4) is 0 Å². The number of benzene rings is 3. The van der Waals surface area contributed by atoms with Gasteiger partial charge < -0.3 is 45.1 Å². The first-order valence-electron chi connectivity index (χ1n) is 17.1. The Balaban J connectivity index is 1.18. The summed E-state index contributed by atoms with van der Waals surface area (Å²) in [7, 11) is 0. The molecule has 0 aliphatic carbocycles. The smallest absolute Gasteiger partial charge is 0.415 e. The van der Waals surface area contributed by atoms with E-state index in [1.165, 1.54) is 24.3 Å². The minimum absolute atomic E-state index is 0.234. The molecule has 0 radical (unpaired) electrons. The third kappa shape index (κ3) is 8.95. The Morgan fingerprint density at radius 1 is 0.922 bits per heavy atom. The van der Waals surface area contributed by atoms with Crippen molar-refractivity contribution in [3.05, 3.63) is 77.6 Å². The van der Waals surface area contributed by atoms with Crippen LogP contribution in [0, 0.1) is 5.82 Å². The molecule has 2 aliphatic heterocycles. The number of carbonyl (C=O) groups is 2. The van der Waals surface area contributed by atoms with Gasteiger partial charge in [-0.05, 0) is 73.5 Å². The lowest BCUT2D eigenvalue weighted by Crippen LogP contribution is -2.49. The number of aliphatic hydroxyl groups is 5. The molecule has 276 valence electrons. The number of nitrogens with zero attached hydrogens (tertiary/aromatic N) is 2. The molecule has 13 nitrogen and oxygen atoms in total. The summed E-state index contributed by atoms with van der Waals surface area (Å²) in [4.78, 5) is 29.5. The molecule has 14 heteroatoms. The minimum atomic E-state index is -1.80. The first kappa shape index (κ1) is 37.9. The van der Waals surface area contributed by atoms with Crippen molar-refractivity contribution in [1.29, 1.82) is 0 Å². The summed E-state index contributed by atoms with van der Waals surface area (Å²) in [6, 6.07) is 16.5. The zero-order valence-corrected chi connectivity index (χ0v) is 28.7. The molecule has 0 saturated carbocycles. The molecular weight excluding hydrogens is 665 g/mol. The molecule has 6 N–H and O–H groups in total. The zero-order chi connectivity index (χ0) is 36.7. The SMILES string of the molecule is CCOc1cc(CN2CCC3(CC2)CN(c2ccc(C(=O)NC[C@H](O)[C@@H](O)[C@H](O)[C@H](O)CO)cc2)C(=O)O3)cc(OCC)c1-c1ccc(F)cc1. The number of aliphatic hydroxyl groups excluding tert-OH is 5. The molecule has 1 spiro atoms. The molecule has 3 aromatic carbocycles. The number of anilines is 1. The van der Waals surface area contributed by atoms with E-state index in [1.54, 1.807) is 29.2 Å². The van der Waals surface area contributed by atoms with Crippen LogP contribution in [0.15, 0.2) is 60.7 Å². The number of carbonyl (C=O) groups excluding carboxylic acids is 2. The van der Waals surface area contributed by atoms with E-state index in [2.05, 4.69) is 10.2 Å². The van der Waals surface area contributed by atoms with Gasteiger partial charge in [-0.1, -0.05) is 12.1 Å². The lowest BCUT2D eigenvalue weighted by Gasteiger charge is -2.37. The molecule has 4 atom stereocenters. The fourth-order valence-electron chi connectivity index (χ4n) is 6.41. The highest BCUT2D eigenvalue weighted by Crippen LogP contribution is 2.41. The van der Waals surface area contributed by atoms with Gasteiger partial charge in [0.05, 0.1) is 38.0 Å². The van der Waals surface area contributed by atoms with Crippen molar-refractivity contribution < 1.29 is 53.7 Å². The molecule has 0 unspecified atom stereocenters. The molecule has 2 aliphatic rings. The second-order valence-corrected chi connectivity index (χ2v) is 12.8. The van der Waals surface area contributed by atoms with Gasteiger partial charge in [0, 0.05) is 50.3 Å². The molecule has 51 heavy (non-hydrogen) atoms. The van der Waals surface area contributed by atoms with Crippen LogP contribution in [0.1, 0.15) is 42.6 Å². The topological polar surface area (TPSA) is 181 Å². The molecular formula is C37H46FN3O10. The van der Waals surface area contributed by atoms with Gasteiger partial charge in [0.1, 0.15) is 41.2 Å². The highest BCUT2D eigenvalue weighted by Gasteiger charge is 2.47. The monoisotopic (exact) mass is 711 g/mol. The summed E-state index contributed by atoms with van der Waals surface area (Å²) in [5, 5.41) is 50.6. The van der Waals surface area contributed by atoms with E-state index in [9.17, 15) is 34.4 Å². The lowest BCUT2D eigenvalue weighted by molar-refractivity contribution is -0.113. The first-order chi connectivity index (χ1) is 24.5. The average Bonchev–Trinajstić information content (AvgIpc) is 3.46. The summed E-state index contributed by atoms with van der Waals surface area (Å²) in [6.07, 6.45) is -6.06. The summed E-state index contributed by atoms with van der Waals surface area (Å²) in [6.45, 7) is 5.85. The van der Waals surface area contributed by atoms with Crippen molar-refractivity contribution in [2.45, 2.75) is 63.3 Å². The van der Waals surface area contributed by atoms with Gasteiger partial charge in [-0.15, -0.1) is 0 Å². The molecule has 5 rings (SSSR count). The fraction of sp³-hybridized carbons (Fsp3) is 0.459. The van der Waals surface area contributed by atoms with E-state index in [-0.39, 0.29) is 11.4 Å². The van der Waals surface area contributed by atoms with Crippen molar-refractivity contribution in [1.82, 2.24) is 10.2 Å². The van der Waals surface area contributed by atoms with Crippen LogP contribution in [0.25, 0.3) is 11.1 Å². The minimum Gasteiger partial charge on any atom is -0.493 e. The number of rotatable bonds is 15. The van der Waals surface area contributed by atoms with Crippen molar-refractivity contribution in [3.63, 3.8) is 0 Å². The summed E-state index contributed by atoms with van der Waals surface area (Å²) in [5.41, 5.74) is 2.71. The van der Waals surface area contributed by atoms with E-state index in [0.29, 0.717) is 69.4 Å². The van der Waals surface area contributed by atoms with E-state index in [4.69, 9.17) is 19.3 Å². The average molecular weight is 712 g/mol. The van der Waals surface area contributed by atoms with Crippen LogP contribution in [-0.2, 0) is 11.3 Å². The highest BCUT2D eigenvalue weighted by molar-refractivity contribution is 5.96. The van der Waals surface area contributed by atoms with Crippen molar-refractivity contribution in [3.8, 4) is 22.6 Å². The molecule has 2 saturated heterocycles. The zero-order valence-electron chi connectivity index (χ0n) is 28.7. The number of halogens is 1. The number of nitrogens with one attached hydrogen (secondary N) is 1.